The third kappa shape index (κ3) is 283. The minimum absolute atomic E-state index is 0. The van der Waals surface area contributed by atoms with E-state index in [1.165, 1.54) is 0 Å². The molecule has 2 amide bonds. The van der Waals surface area contributed by atoms with Gasteiger partial charge >= 0.3 is 94.7 Å². The molecule has 11 heteroatoms. The molecule has 0 aromatic rings. The van der Waals surface area contributed by atoms with Gasteiger partial charge in [0.1, 0.15) is 0 Å². The van der Waals surface area contributed by atoms with Crippen molar-refractivity contribution in [3.63, 3.8) is 0 Å². The number of phosphoric acid groups is 1. The van der Waals surface area contributed by atoms with E-state index >= 15 is 0 Å². The van der Waals surface area contributed by atoms with Crippen LogP contribution in [0.15, 0.2) is 0 Å². The van der Waals surface area contributed by atoms with E-state index in [-0.39, 0.29) is 88.7 Å². The summed E-state index contributed by atoms with van der Waals surface area (Å²) in [5, 5.41) is 0. The van der Waals surface area contributed by atoms with Gasteiger partial charge in [0, 0.05) is 0 Å². The summed E-state index contributed by atoms with van der Waals surface area (Å²) in [5.41, 5.74) is 8.50. The molecule has 0 fully saturated rings. The molecule has 0 rings (SSSR count). The Morgan fingerprint density at radius 2 is 1.00 bits per heavy atom. The van der Waals surface area contributed by atoms with Gasteiger partial charge in [-0.3, -0.25) is 0 Å². The molecule has 0 aromatic carbocycles. The number of carbonyl (C=O) groups is 1. The van der Waals surface area contributed by atoms with E-state index in [4.69, 9.17) is 24.0 Å². The van der Waals surface area contributed by atoms with Gasteiger partial charge in [-0.1, -0.05) is 0 Å². The summed E-state index contributed by atoms with van der Waals surface area (Å²) in [6.07, 6.45) is 0. The van der Waals surface area contributed by atoms with Crippen molar-refractivity contribution in [2.24, 2.45) is 11.5 Å². The first-order valence-electron chi connectivity index (χ1n) is 1.51. The zero-order valence-corrected chi connectivity index (χ0v) is 14.0. The van der Waals surface area contributed by atoms with Crippen LogP contribution in [0.2, 0.25) is 0 Å². The Kier molecular flexibility index (Phi) is 38.6. The Labute approximate surface area is 136 Å². The van der Waals surface area contributed by atoms with Crippen LogP contribution in [0.5, 0.6) is 0 Å². The van der Waals surface area contributed by atoms with Crippen LogP contribution in [0.1, 0.15) is 0 Å². The molecule has 0 saturated carbocycles. The van der Waals surface area contributed by atoms with Gasteiger partial charge in [0.15, 0.2) is 0 Å². The van der Waals surface area contributed by atoms with Gasteiger partial charge in [0.2, 0.25) is 0 Å². The zero-order valence-electron chi connectivity index (χ0n) is 7.14. The largest absolute Gasteiger partial charge is 1.00 e. The molecule has 0 saturated heterocycles. The van der Waals surface area contributed by atoms with Crippen molar-refractivity contribution in [3.05, 3.63) is 0 Å². The summed E-state index contributed by atoms with van der Waals surface area (Å²) in [6, 6.07) is -0.833. The maximum atomic E-state index is 9.00. The smallest absolute Gasteiger partial charge is 0.822 e. The first-order chi connectivity index (χ1) is 3.73. The maximum Gasteiger partial charge on any atom is 1.00 e. The summed E-state index contributed by atoms with van der Waals surface area (Å²) < 4.78 is 8.55. The Morgan fingerprint density at radius 1 is 1.00 bits per heavy atom. The van der Waals surface area contributed by atoms with Gasteiger partial charge in [0.25, 0.3) is 0 Å². The number of carbonyl (C=O) groups excluding carboxylic acids is 1. The Morgan fingerprint density at radius 3 is 1.00 bits per heavy atom. The van der Waals surface area contributed by atoms with Crippen LogP contribution in [0.4, 0.5) is 4.79 Å². The molecule has 7 nitrogen and oxygen atoms in total. The van der Waals surface area contributed by atoms with Gasteiger partial charge < -0.3 is 30.7 Å². The molecule has 0 bridgehead atoms. The van der Waals surface area contributed by atoms with Crippen molar-refractivity contribution in [2.45, 2.75) is 0 Å². The third-order valence-electron chi connectivity index (χ3n) is 0. The molecule has 56 valence electrons. The molecule has 0 aliphatic carbocycles. The van der Waals surface area contributed by atoms with E-state index in [2.05, 4.69) is 11.5 Å². The van der Waals surface area contributed by atoms with Gasteiger partial charge in [-0.05, 0) is 0 Å². The molecule has 4 N–H and O–H groups in total. The average Bonchev–Trinajstić information content (AvgIpc) is 1.19. The average molecular weight is 224 g/mol. The number of rotatable bonds is 0. The summed E-state index contributed by atoms with van der Waals surface area (Å²) in [6.45, 7) is 0. The second-order valence-electron chi connectivity index (χ2n) is 0.850. The Bertz CT molecular complexity index is 124. The number of primary amides is 2. The SMILES string of the molecule is NC(N)=O.O=P([O-])([O-])[O-].[Na+].[Na+].[Na+]. The van der Waals surface area contributed by atoms with Gasteiger partial charge in [0.05, 0.1) is 0 Å². The first-order valence-corrected chi connectivity index (χ1v) is 2.97. The van der Waals surface area contributed by atoms with Crippen LogP contribution >= 0.6 is 7.82 Å². The molecule has 0 atom stereocenters. The number of amides is 2. The number of hydrogen-bond donors (Lipinski definition) is 2. The third-order valence-corrected chi connectivity index (χ3v) is 0. The molecular weight excluding hydrogens is 220 g/mol. The molecule has 0 radical (unpaired) electrons. The zero-order chi connectivity index (χ0) is 8.08. The minimum atomic E-state index is -5.39. The minimum Gasteiger partial charge on any atom is -0.822 e. The van der Waals surface area contributed by atoms with Crippen LogP contribution in [-0.4, -0.2) is 6.03 Å². The fourth-order valence-electron chi connectivity index (χ4n) is 0. The quantitative estimate of drug-likeness (QED) is 0.308. The Balaban J connectivity index is -0.0000000221. The van der Waals surface area contributed by atoms with Crippen LogP contribution in [-0.2, 0) is 4.57 Å². The second kappa shape index (κ2) is 15.8. The van der Waals surface area contributed by atoms with Crippen molar-refractivity contribution in [2.75, 3.05) is 0 Å². The molecule has 0 spiro atoms. The van der Waals surface area contributed by atoms with Gasteiger partial charge in [-0.15, -0.1) is 0 Å². The van der Waals surface area contributed by atoms with Gasteiger partial charge in [-0.25, -0.2) is 4.79 Å². The predicted octanol–water partition coefficient (Wildman–Crippen LogP) is -12.8. The van der Waals surface area contributed by atoms with Crippen molar-refractivity contribution in [1.82, 2.24) is 0 Å². The number of nitrogens with two attached hydrogens (primary N) is 2. The monoisotopic (exact) mass is 224 g/mol. The summed E-state index contributed by atoms with van der Waals surface area (Å²) in [7, 11) is -5.39. The van der Waals surface area contributed by atoms with E-state index < -0.39 is 13.9 Å². The molecule has 0 aromatic heterocycles. The fraction of sp³-hybridized carbons (Fsp3) is 0. The van der Waals surface area contributed by atoms with Crippen LogP contribution in [0.3, 0.4) is 0 Å². The maximum absolute atomic E-state index is 9.00. The number of urea groups is 1. The van der Waals surface area contributed by atoms with E-state index in [1.807, 2.05) is 0 Å². The summed E-state index contributed by atoms with van der Waals surface area (Å²) >= 11 is 0. The topological polar surface area (TPSA) is 155 Å². The summed E-state index contributed by atoms with van der Waals surface area (Å²) in [4.78, 5) is 34.6. The van der Waals surface area contributed by atoms with E-state index in [9.17, 15) is 0 Å². The predicted molar refractivity (Wildman–Crippen MR) is 21.4 cm³/mol. The molecule has 0 unspecified atom stereocenters. The summed E-state index contributed by atoms with van der Waals surface area (Å²) in [5.74, 6) is 0. The van der Waals surface area contributed by atoms with E-state index in [1.54, 1.807) is 0 Å². The number of hydrogen-bond acceptors (Lipinski definition) is 5. The van der Waals surface area contributed by atoms with Crippen molar-refractivity contribution in [1.29, 1.82) is 0 Å². The standard InChI is InChI=1S/CH4N2O.3Na.H3O4P/c2-1(3)4;;;;1-5(2,3)4/h(H4,2,3,4);;;;(H3,1,2,3,4)/q;3*+1;/p-3. The molecule has 0 heterocycles. The van der Waals surface area contributed by atoms with Crippen molar-refractivity contribution in [3.8, 4) is 0 Å². The van der Waals surface area contributed by atoms with Gasteiger partial charge in [-0.2, -0.15) is 7.82 Å². The molecule has 0 aliphatic heterocycles. The van der Waals surface area contributed by atoms with Crippen LogP contribution in [0, 0.1) is 0 Å². The van der Waals surface area contributed by atoms with Crippen molar-refractivity contribution < 1.29 is 113 Å². The van der Waals surface area contributed by atoms with E-state index in [0.29, 0.717) is 0 Å². The van der Waals surface area contributed by atoms with Crippen LogP contribution < -0.4 is 115 Å². The molecule has 12 heavy (non-hydrogen) atoms. The normalized spacial score (nSPS) is 6.92. The second-order valence-corrected chi connectivity index (χ2v) is 1.74. The van der Waals surface area contributed by atoms with Crippen LogP contribution in [0.25, 0.3) is 0 Å². The fourth-order valence-corrected chi connectivity index (χ4v) is 0. The van der Waals surface area contributed by atoms with E-state index in [0.717, 1.165) is 0 Å². The molecule has 0 aliphatic rings. The molecular formula is CH4N2Na3O5P. The first kappa shape index (κ1) is 29.3. The van der Waals surface area contributed by atoms with Crippen molar-refractivity contribution >= 4 is 13.9 Å². The Hall–Kier alpha value is 2.38.